The van der Waals surface area contributed by atoms with Crippen molar-refractivity contribution >= 4 is 23.6 Å². The molecule has 0 aromatic carbocycles. The monoisotopic (exact) mass is 309 g/mol. The summed E-state index contributed by atoms with van der Waals surface area (Å²) in [5.74, 6) is -1.39. The van der Waals surface area contributed by atoms with Gasteiger partial charge in [0.1, 0.15) is 6.04 Å². The molecule has 0 aromatic rings. The minimum Gasteiger partial charge on any atom is -0.368 e. The van der Waals surface area contributed by atoms with Gasteiger partial charge in [-0.15, -0.1) is 0 Å². The van der Waals surface area contributed by atoms with E-state index in [0.717, 1.165) is 4.90 Å². The van der Waals surface area contributed by atoms with Gasteiger partial charge in [0.2, 0.25) is 11.8 Å². The highest BCUT2D eigenvalue weighted by Crippen LogP contribution is 2.12. The van der Waals surface area contributed by atoms with Crippen LogP contribution in [0.25, 0.3) is 0 Å². The van der Waals surface area contributed by atoms with E-state index in [4.69, 9.17) is 5.73 Å². The molecule has 7 nitrogen and oxygen atoms in total. The predicted octanol–water partition coefficient (Wildman–Crippen LogP) is 0.0500. The third-order valence-corrected chi connectivity index (χ3v) is 3.66. The van der Waals surface area contributed by atoms with Crippen molar-refractivity contribution in [2.24, 2.45) is 11.7 Å². The molecule has 0 saturated carbocycles. The van der Waals surface area contributed by atoms with Crippen LogP contribution in [-0.2, 0) is 19.2 Å². The van der Waals surface area contributed by atoms with Crippen LogP contribution in [0.1, 0.15) is 33.1 Å². The first-order chi connectivity index (χ1) is 10.3. The number of carbonyl (C=O) groups excluding carboxylic acids is 4. The molecule has 0 spiro atoms. The summed E-state index contributed by atoms with van der Waals surface area (Å²) in [4.78, 5) is 48.7. The Morgan fingerprint density at radius 3 is 2.18 bits per heavy atom. The molecular formula is C15H23N3O4. The normalized spacial score (nSPS) is 15.5. The third-order valence-electron chi connectivity index (χ3n) is 3.66. The van der Waals surface area contributed by atoms with Gasteiger partial charge in [0.25, 0.3) is 11.8 Å². The van der Waals surface area contributed by atoms with E-state index >= 15 is 0 Å². The molecule has 1 rings (SSSR count). The maximum Gasteiger partial charge on any atom is 0.253 e. The van der Waals surface area contributed by atoms with E-state index in [2.05, 4.69) is 0 Å². The number of carbonyl (C=O) groups is 4. The molecule has 2 N–H and O–H groups in total. The smallest absolute Gasteiger partial charge is 0.253 e. The van der Waals surface area contributed by atoms with Gasteiger partial charge in [-0.1, -0.05) is 13.8 Å². The van der Waals surface area contributed by atoms with Crippen molar-refractivity contribution in [1.29, 1.82) is 0 Å². The Kier molecular flexibility index (Phi) is 6.27. The molecule has 1 atom stereocenters. The highest BCUT2D eigenvalue weighted by atomic mass is 16.2. The molecule has 0 aliphatic carbocycles. The SMILES string of the molecule is CC(C)[C@H](C(N)=O)N(C)C(=O)CCCCN1C(=O)C=CC1=O. The molecule has 0 saturated heterocycles. The van der Waals surface area contributed by atoms with Gasteiger partial charge < -0.3 is 10.6 Å². The van der Waals surface area contributed by atoms with Gasteiger partial charge in [0.05, 0.1) is 0 Å². The average Bonchev–Trinajstić information content (AvgIpc) is 2.73. The van der Waals surface area contributed by atoms with Crippen molar-refractivity contribution in [2.45, 2.75) is 39.2 Å². The zero-order valence-corrected chi connectivity index (χ0v) is 13.2. The number of nitrogens with zero attached hydrogens (tertiary/aromatic N) is 2. The van der Waals surface area contributed by atoms with Crippen LogP contribution in [0, 0.1) is 5.92 Å². The molecule has 1 aliphatic heterocycles. The highest BCUT2D eigenvalue weighted by Gasteiger charge is 2.27. The minimum atomic E-state index is -0.626. The van der Waals surface area contributed by atoms with Gasteiger partial charge >= 0.3 is 0 Å². The van der Waals surface area contributed by atoms with Gasteiger partial charge in [-0.05, 0) is 18.8 Å². The topological polar surface area (TPSA) is 101 Å². The van der Waals surface area contributed by atoms with Gasteiger partial charge in [0.15, 0.2) is 0 Å². The summed E-state index contributed by atoms with van der Waals surface area (Å²) in [7, 11) is 1.56. The van der Waals surface area contributed by atoms with Gasteiger partial charge in [-0.2, -0.15) is 0 Å². The van der Waals surface area contributed by atoms with Crippen LogP contribution in [0.2, 0.25) is 0 Å². The minimum absolute atomic E-state index is 0.0580. The fourth-order valence-corrected chi connectivity index (χ4v) is 2.50. The molecule has 122 valence electrons. The molecule has 0 radical (unpaired) electrons. The molecule has 0 fully saturated rings. The highest BCUT2D eigenvalue weighted by molar-refractivity contribution is 6.12. The number of nitrogens with two attached hydrogens (primary N) is 1. The fraction of sp³-hybridized carbons (Fsp3) is 0.600. The fourth-order valence-electron chi connectivity index (χ4n) is 2.50. The molecule has 1 aliphatic rings. The van der Waals surface area contributed by atoms with Crippen LogP contribution >= 0.6 is 0 Å². The van der Waals surface area contributed by atoms with E-state index in [1.807, 2.05) is 13.8 Å². The van der Waals surface area contributed by atoms with Gasteiger partial charge in [-0.25, -0.2) is 0 Å². The quantitative estimate of drug-likeness (QED) is 0.505. The second-order valence-electron chi connectivity index (χ2n) is 5.71. The largest absolute Gasteiger partial charge is 0.368 e. The Morgan fingerprint density at radius 1 is 1.18 bits per heavy atom. The summed E-state index contributed by atoms with van der Waals surface area (Å²) in [5, 5.41) is 0. The number of imide groups is 1. The Balaban J connectivity index is 2.38. The number of hydrogen-bond donors (Lipinski definition) is 1. The standard InChI is InChI=1S/C15H23N3O4/c1-10(2)14(15(16)22)17(3)11(19)6-4-5-9-18-12(20)7-8-13(18)21/h7-8,10,14H,4-6,9H2,1-3H3,(H2,16,22)/t14-/m1/s1. The Bertz CT molecular complexity index is 481. The first kappa shape index (κ1) is 17.9. The zero-order valence-electron chi connectivity index (χ0n) is 13.2. The van der Waals surface area contributed by atoms with E-state index in [1.165, 1.54) is 17.1 Å². The first-order valence-electron chi connectivity index (χ1n) is 7.34. The van der Waals surface area contributed by atoms with Crippen LogP contribution in [-0.4, -0.2) is 53.1 Å². The second kappa shape index (κ2) is 7.72. The van der Waals surface area contributed by atoms with Crippen LogP contribution in [0.15, 0.2) is 12.2 Å². The van der Waals surface area contributed by atoms with Crippen molar-refractivity contribution in [3.05, 3.63) is 12.2 Å². The van der Waals surface area contributed by atoms with Crippen molar-refractivity contribution in [3.8, 4) is 0 Å². The number of unbranched alkanes of at least 4 members (excludes halogenated alkanes) is 1. The zero-order chi connectivity index (χ0) is 16.9. The lowest BCUT2D eigenvalue weighted by Gasteiger charge is -2.28. The van der Waals surface area contributed by atoms with Gasteiger partial charge in [0, 0.05) is 32.2 Å². The molecule has 4 amide bonds. The lowest BCUT2D eigenvalue weighted by Crippen LogP contribution is -2.48. The summed E-state index contributed by atoms with van der Waals surface area (Å²) in [6, 6.07) is -0.626. The maximum absolute atomic E-state index is 12.1. The molecule has 7 heteroatoms. The van der Waals surface area contributed by atoms with Crippen LogP contribution < -0.4 is 5.73 Å². The van der Waals surface area contributed by atoms with Crippen LogP contribution in [0.4, 0.5) is 0 Å². The molecule has 22 heavy (non-hydrogen) atoms. The third kappa shape index (κ3) is 4.41. The van der Waals surface area contributed by atoms with Crippen molar-refractivity contribution < 1.29 is 19.2 Å². The summed E-state index contributed by atoms with van der Waals surface area (Å²) in [5.41, 5.74) is 5.32. The summed E-state index contributed by atoms with van der Waals surface area (Å²) in [6.45, 7) is 3.96. The molecular weight excluding hydrogens is 286 g/mol. The summed E-state index contributed by atoms with van der Waals surface area (Å²) >= 11 is 0. The summed E-state index contributed by atoms with van der Waals surface area (Å²) < 4.78 is 0. The molecule has 0 bridgehead atoms. The van der Waals surface area contributed by atoms with E-state index in [9.17, 15) is 19.2 Å². The average molecular weight is 309 g/mol. The number of amides is 4. The maximum atomic E-state index is 12.1. The first-order valence-corrected chi connectivity index (χ1v) is 7.34. The van der Waals surface area contributed by atoms with Crippen molar-refractivity contribution in [3.63, 3.8) is 0 Å². The number of hydrogen-bond acceptors (Lipinski definition) is 4. The Labute approximate surface area is 130 Å². The van der Waals surface area contributed by atoms with Crippen LogP contribution in [0.5, 0.6) is 0 Å². The van der Waals surface area contributed by atoms with Crippen molar-refractivity contribution in [2.75, 3.05) is 13.6 Å². The lowest BCUT2D eigenvalue weighted by atomic mass is 10.0. The van der Waals surface area contributed by atoms with E-state index in [0.29, 0.717) is 19.4 Å². The summed E-state index contributed by atoms with van der Waals surface area (Å²) in [6.07, 6.45) is 3.80. The lowest BCUT2D eigenvalue weighted by molar-refractivity contribution is -0.139. The Morgan fingerprint density at radius 2 is 1.73 bits per heavy atom. The van der Waals surface area contributed by atoms with Crippen molar-refractivity contribution in [1.82, 2.24) is 9.80 Å². The molecule has 0 aromatic heterocycles. The molecule has 0 unspecified atom stereocenters. The van der Waals surface area contributed by atoms with E-state index in [-0.39, 0.29) is 30.1 Å². The van der Waals surface area contributed by atoms with Crippen LogP contribution in [0.3, 0.4) is 0 Å². The Hall–Kier alpha value is -2.18. The second-order valence-corrected chi connectivity index (χ2v) is 5.71. The van der Waals surface area contributed by atoms with E-state index in [1.54, 1.807) is 7.05 Å². The number of likely N-dealkylation sites (N-methyl/N-ethyl adjacent to an activating group) is 1. The predicted molar refractivity (Wildman–Crippen MR) is 80.3 cm³/mol. The van der Waals surface area contributed by atoms with Gasteiger partial charge in [-0.3, -0.25) is 24.1 Å². The van der Waals surface area contributed by atoms with E-state index < -0.39 is 11.9 Å². The number of primary amides is 1. The number of rotatable bonds is 8. The molecule has 1 heterocycles.